The lowest BCUT2D eigenvalue weighted by molar-refractivity contribution is 0.102. The lowest BCUT2D eigenvalue weighted by atomic mass is 10.1. The number of anilines is 2. The third kappa shape index (κ3) is 2.92. The molecule has 1 N–H and O–H groups in total. The van der Waals surface area contributed by atoms with Crippen LogP contribution in [0, 0.1) is 0 Å². The van der Waals surface area contributed by atoms with Crippen molar-refractivity contribution in [3.8, 4) is 0 Å². The summed E-state index contributed by atoms with van der Waals surface area (Å²) in [7, 11) is 0. The minimum absolute atomic E-state index is 0.217. The minimum Gasteiger partial charge on any atom is -0.447 e. The lowest BCUT2D eigenvalue weighted by Gasteiger charge is -2.14. The molecule has 0 aliphatic carbocycles. The van der Waals surface area contributed by atoms with Crippen LogP contribution in [0.4, 0.5) is 16.2 Å². The highest BCUT2D eigenvalue weighted by atomic mass is 16.6. The van der Waals surface area contributed by atoms with Crippen LogP contribution < -0.4 is 10.2 Å². The molecule has 1 aliphatic rings. The molecular weight excluding hydrogens is 316 g/mol. The molecule has 0 aromatic heterocycles. The molecule has 0 unspecified atom stereocenters. The van der Waals surface area contributed by atoms with Crippen LogP contribution in [0.5, 0.6) is 0 Å². The van der Waals surface area contributed by atoms with Gasteiger partial charge in [-0.1, -0.05) is 42.5 Å². The summed E-state index contributed by atoms with van der Waals surface area (Å²) in [5, 5.41) is 5.00. The summed E-state index contributed by atoms with van der Waals surface area (Å²) < 4.78 is 4.95. The molecule has 25 heavy (non-hydrogen) atoms. The fraction of sp³-hybridized carbons (Fsp3) is 0.100. The Balaban J connectivity index is 1.62. The van der Waals surface area contributed by atoms with Crippen molar-refractivity contribution < 1.29 is 14.3 Å². The molecule has 0 saturated carbocycles. The van der Waals surface area contributed by atoms with Gasteiger partial charge in [0.05, 0.1) is 6.54 Å². The molecule has 0 radical (unpaired) electrons. The average Bonchev–Trinajstić information content (AvgIpc) is 3.08. The van der Waals surface area contributed by atoms with Crippen molar-refractivity contribution in [1.29, 1.82) is 0 Å². The van der Waals surface area contributed by atoms with Gasteiger partial charge < -0.3 is 10.1 Å². The SMILES string of the molecule is O=C(Nc1cccc2ccccc12)c1cccc(N2CCOC2=O)c1. The quantitative estimate of drug-likeness (QED) is 0.787. The number of nitrogens with one attached hydrogen (secondary N) is 1. The molecule has 4 rings (SSSR count). The summed E-state index contributed by atoms with van der Waals surface area (Å²) in [5.74, 6) is -0.217. The standard InChI is InChI=1S/C20H16N2O3/c23-19(21-18-10-4-6-14-5-1-2-9-17(14)18)15-7-3-8-16(13-15)22-11-12-25-20(22)24/h1-10,13H,11-12H2,(H,21,23). The number of hydrogen-bond acceptors (Lipinski definition) is 3. The van der Waals surface area contributed by atoms with Gasteiger partial charge in [-0.25, -0.2) is 4.79 Å². The van der Waals surface area contributed by atoms with E-state index in [4.69, 9.17) is 4.74 Å². The van der Waals surface area contributed by atoms with Crippen LogP contribution in [0.2, 0.25) is 0 Å². The van der Waals surface area contributed by atoms with Gasteiger partial charge in [-0.15, -0.1) is 0 Å². The molecule has 3 aromatic carbocycles. The van der Waals surface area contributed by atoms with E-state index < -0.39 is 0 Å². The van der Waals surface area contributed by atoms with Gasteiger partial charge in [0.15, 0.2) is 0 Å². The van der Waals surface area contributed by atoms with Crippen molar-refractivity contribution in [2.75, 3.05) is 23.4 Å². The fourth-order valence-corrected chi connectivity index (χ4v) is 2.97. The summed E-state index contributed by atoms with van der Waals surface area (Å²) in [5.41, 5.74) is 1.91. The van der Waals surface area contributed by atoms with Crippen LogP contribution >= 0.6 is 0 Å². The second-order valence-electron chi connectivity index (χ2n) is 5.80. The zero-order valence-corrected chi connectivity index (χ0v) is 13.4. The number of fused-ring (bicyclic) bond motifs is 1. The van der Waals surface area contributed by atoms with Crippen LogP contribution in [-0.2, 0) is 4.74 Å². The molecule has 1 fully saturated rings. The van der Waals surface area contributed by atoms with Crippen molar-refractivity contribution in [1.82, 2.24) is 0 Å². The normalized spacial score (nSPS) is 13.8. The Hall–Kier alpha value is -3.34. The highest BCUT2D eigenvalue weighted by Crippen LogP contribution is 2.25. The second-order valence-corrected chi connectivity index (χ2v) is 5.80. The highest BCUT2D eigenvalue weighted by Gasteiger charge is 2.24. The van der Waals surface area contributed by atoms with E-state index in [0.29, 0.717) is 24.4 Å². The van der Waals surface area contributed by atoms with Crippen LogP contribution in [0.3, 0.4) is 0 Å². The average molecular weight is 332 g/mol. The van der Waals surface area contributed by atoms with E-state index in [1.54, 1.807) is 24.3 Å². The Kier molecular flexibility index (Phi) is 3.82. The zero-order valence-electron chi connectivity index (χ0n) is 13.4. The second kappa shape index (κ2) is 6.28. The van der Waals surface area contributed by atoms with Gasteiger partial charge in [0.25, 0.3) is 5.91 Å². The van der Waals surface area contributed by atoms with Gasteiger partial charge in [0.2, 0.25) is 0 Å². The summed E-state index contributed by atoms with van der Waals surface area (Å²) in [6.45, 7) is 0.860. The molecular formula is C20H16N2O3. The predicted molar refractivity (Wildman–Crippen MR) is 97.0 cm³/mol. The molecule has 1 heterocycles. The first-order valence-electron chi connectivity index (χ1n) is 8.06. The fourth-order valence-electron chi connectivity index (χ4n) is 2.97. The van der Waals surface area contributed by atoms with Crippen molar-refractivity contribution in [2.45, 2.75) is 0 Å². The third-order valence-electron chi connectivity index (χ3n) is 4.22. The third-order valence-corrected chi connectivity index (χ3v) is 4.22. The molecule has 3 aromatic rings. The summed E-state index contributed by atoms with van der Waals surface area (Å²) in [4.78, 5) is 25.9. The van der Waals surface area contributed by atoms with E-state index in [-0.39, 0.29) is 12.0 Å². The van der Waals surface area contributed by atoms with Crippen molar-refractivity contribution in [2.24, 2.45) is 0 Å². The first-order chi connectivity index (χ1) is 12.2. The van der Waals surface area contributed by atoms with Gasteiger partial charge >= 0.3 is 6.09 Å². The van der Waals surface area contributed by atoms with E-state index in [1.165, 1.54) is 4.90 Å². The van der Waals surface area contributed by atoms with Gasteiger partial charge in [0.1, 0.15) is 6.61 Å². The Morgan fingerprint density at radius 1 is 1.00 bits per heavy atom. The van der Waals surface area contributed by atoms with Crippen LogP contribution in [0.15, 0.2) is 66.7 Å². The number of carbonyl (C=O) groups excluding carboxylic acids is 2. The van der Waals surface area contributed by atoms with Crippen molar-refractivity contribution in [3.63, 3.8) is 0 Å². The largest absolute Gasteiger partial charge is 0.447 e. The van der Waals surface area contributed by atoms with E-state index in [0.717, 1.165) is 16.5 Å². The molecule has 124 valence electrons. The van der Waals surface area contributed by atoms with E-state index in [9.17, 15) is 9.59 Å². The zero-order chi connectivity index (χ0) is 17.2. The minimum atomic E-state index is -0.383. The van der Waals surface area contributed by atoms with Gasteiger partial charge in [-0.05, 0) is 29.7 Å². The number of carbonyl (C=O) groups is 2. The maximum atomic E-state index is 12.7. The van der Waals surface area contributed by atoms with Crippen LogP contribution in [0.1, 0.15) is 10.4 Å². The summed E-state index contributed by atoms with van der Waals surface area (Å²) in [6, 6.07) is 20.7. The van der Waals surface area contributed by atoms with Gasteiger partial charge in [0, 0.05) is 22.3 Å². The first kappa shape index (κ1) is 15.2. The molecule has 1 aliphatic heterocycles. The number of nitrogens with zero attached hydrogens (tertiary/aromatic N) is 1. The predicted octanol–water partition coefficient (Wildman–Crippen LogP) is 4.05. The van der Waals surface area contributed by atoms with Crippen LogP contribution in [-0.4, -0.2) is 25.2 Å². The smallest absolute Gasteiger partial charge is 0.414 e. The summed E-state index contributed by atoms with van der Waals surface area (Å²) >= 11 is 0. The number of hydrogen-bond donors (Lipinski definition) is 1. The number of ether oxygens (including phenoxy) is 1. The number of rotatable bonds is 3. The number of cyclic esters (lactones) is 1. The molecule has 5 nitrogen and oxygen atoms in total. The molecule has 1 saturated heterocycles. The van der Waals surface area contributed by atoms with E-state index in [2.05, 4.69) is 5.32 Å². The summed E-state index contributed by atoms with van der Waals surface area (Å²) in [6.07, 6.45) is -0.383. The lowest BCUT2D eigenvalue weighted by Crippen LogP contribution is -2.23. The monoisotopic (exact) mass is 332 g/mol. The molecule has 2 amide bonds. The number of amides is 2. The van der Waals surface area contributed by atoms with E-state index >= 15 is 0 Å². The van der Waals surface area contributed by atoms with E-state index in [1.807, 2.05) is 42.5 Å². The van der Waals surface area contributed by atoms with Crippen molar-refractivity contribution >= 4 is 34.1 Å². The number of benzene rings is 3. The maximum absolute atomic E-state index is 12.7. The Morgan fingerprint density at radius 2 is 1.80 bits per heavy atom. The van der Waals surface area contributed by atoms with Gasteiger partial charge in [-0.3, -0.25) is 9.69 Å². The molecule has 5 heteroatoms. The molecule has 0 bridgehead atoms. The Labute approximate surface area is 144 Å². The first-order valence-corrected chi connectivity index (χ1v) is 8.06. The van der Waals surface area contributed by atoms with Gasteiger partial charge in [-0.2, -0.15) is 0 Å². The Morgan fingerprint density at radius 3 is 2.64 bits per heavy atom. The highest BCUT2D eigenvalue weighted by molar-refractivity contribution is 6.09. The van der Waals surface area contributed by atoms with Crippen molar-refractivity contribution in [3.05, 3.63) is 72.3 Å². The Bertz CT molecular complexity index is 963. The topological polar surface area (TPSA) is 58.6 Å². The molecule has 0 atom stereocenters. The maximum Gasteiger partial charge on any atom is 0.414 e. The molecule has 0 spiro atoms. The van der Waals surface area contributed by atoms with Crippen LogP contribution in [0.25, 0.3) is 10.8 Å².